The fourth-order valence-electron chi connectivity index (χ4n) is 3.76. The van der Waals surface area contributed by atoms with Crippen molar-refractivity contribution in [2.75, 3.05) is 23.0 Å². The first kappa shape index (κ1) is 29.0. The summed E-state index contributed by atoms with van der Waals surface area (Å²) in [7, 11) is 0. The summed E-state index contributed by atoms with van der Waals surface area (Å²) in [6.07, 6.45) is 1.91. The zero-order chi connectivity index (χ0) is 27.5. The number of amides is 2. The first-order chi connectivity index (χ1) is 18.3. The zero-order valence-corrected chi connectivity index (χ0v) is 23.5. The van der Waals surface area contributed by atoms with E-state index in [4.69, 9.17) is 15.2 Å². The van der Waals surface area contributed by atoms with Gasteiger partial charge in [-0.2, -0.15) is 0 Å². The van der Waals surface area contributed by atoms with Gasteiger partial charge in [0.15, 0.2) is 6.10 Å². The van der Waals surface area contributed by atoms with Crippen molar-refractivity contribution in [3.8, 4) is 5.75 Å². The van der Waals surface area contributed by atoms with Gasteiger partial charge in [-0.25, -0.2) is 4.79 Å². The molecule has 8 nitrogen and oxygen atoms in total. The molecule has 0 aliphatic carbocycles. The van der Waals surface area contributed by atoms with E-state index in [0.29, 0.717) is 42.1 Å². The van der Waals surface area contributed by atoms with Crippen LogP contribution in [-0.2, 0) is 14.3 Å². The molecule has 5 N–H and O–H groups in total. The van der Waals surface area contributed by atoms with E-state index in [2.05, 4.69) is 33.2 Å². The summed E-state index contributed by atoms with van der Waals surface area (Å²) in [5.74, 6) is -0.310. The van der Waals surface area contributed by atoms with Crippen LogP contribution in [0, 0.1) is 10.5 Å². The fourth-order valence-corrected chi connectivity index (χ4v) is 4.28. The van der Waals surface area contributed by atoms with Gasteiger partial charge in [0.25, 0.3) is 0 Å². The van der Waals surface area contributed by atoms with Gasteiger partial charge in [0.05, 0.1) is 17.5 Å². The minimum absolute atomic E-state index is 0.00127. The van der Waals surface area contributed by atoms with Crippen LogP contribution in [0.2, 0.25) is 0 Å². The van der Waals surface area contributed by atoms with E-state index < -0.39 is 18.3 Å². The van der Waals surface area contributed by atoms with Crippen LogP contribution < -0.4 is 16.4 Å². The molecule has 2 amide bonds. The number of allylic oxidation sites excluding steroid dienone is 1. The van der Waals surface area contributed by atoms with E-state index >= 15 is 0 Å². The Labute approximate surface area is 236 Å². The molecule has 0 saturated heterocycles. The number of benzene rings is 3. The highest BCUT2D eigenvalue weighted by atomic mass is 127. The number of aromatic hydroxyl groups is 1. The van der Waals surface area contributed by atoms with Gasteiger partial charge in [-0.1, -0.05) is 35.9 Å². The lowest BCUT2D eigenvalue weighted by molar-refractivity contribution is -0.111. The number of nitrogens with two attached hydrogens (primary N) is 1. The van der Waals surface area contributed by atoms with Crippen LogP contribution in [0.5, 0.6) is 5.75 Å². The highest BCUT2D eigenvalue weighted by Gasteiger charge is 2.30. The van der Waals surface area contributed by atoms with Gasteiger partial charge in [0.1, 0.15) is 5.75 Å². The molecule has 0 bridgehead atoms. The van der Waals surface area contributed by atoms with Crippen molar-refractivity contribution in [3.63, 3.8) is 0 Å². The Hall–Kier alpha value is -3.57. The molecule has 3 aromatic rings. The van der Waals surface area contributed by atoms with E-state index in [-0.39, 0.29) is 11.7 Å². The number of hydrogen-bond donors (Lipinski definition) is 4. The largest absolute Gasteiger partial charge is 0.508 e. The van der Waals surface area contributed by atoms with Crippen molar-refractivity contribution in [2.45, 2.75) is 38.9 Å². The molecule has 0 radical (unpaired) electrons. The highest BCUT2D eigenvalue weighted by Crippen LogP contribution is 2.34. The van der Waals surface area contributed by atoms with Crippen molar-refractivity contribution in [1.82, 2.24) is 0 Å². The van der Waals surface area contributed by atoms with Crippen molar-refractivity contribution >= 4 is 51.7 Å². The van der Waals surface area contributed by atoms with Gasteiger partial charge >= 0.3 is 6.09 Å². The number of carbonyl (C=O) groups excluding carboxylic acids is 2. The third kappa shape index (κ3) is 8.77. The number of nitrogens with one attached hydrogen (secondary N) is 2. The summed E-state index contributed by atoms with van der Waals surface area (Å²) in [5, 5.41) is 16.1. The third-order valence-electron chi connectivity index (χ3n) is 5.65. The minimum atomic E-state index is -0.888. The molecule has 0 aliphatic heterocycles. The Balaban J connectivity index is 1.73. The zero-order valence-electron chi connectivity index (χ0n) is 21.3. The summed E-state index contributed by atoms with van der Waals surface area (Å²) in [5.41, 5.74) is 8.99. The number of phenols is 1. The first-order valence-corrected chi connectivity index (χ1v) is 13.3. The van der Waals surface area contributed by atoms with E-state index in [1.54, 1.807) is 60.7 Å². The van der Waals surface area contributed by atoms with E-state index in [1.807, 2.05) is 26.0 Å². The van der Waals surface area contributed by atoms with E-state index in [0.717, 1.165) is 9.13 Å². The maximum absolute atomic E-state index is 12.9. The quantitative estimate of drug-likeness (QED) is 0.108. The van der Waals surface area contributed by atoms with Crippen LogP contribution in [0.1, 0.15) is 37.0 Å². The first-order valence-electron chi connectivity index (χ1n) is 12.2. The molecule has 3 aromatic carbocycles. The van der Waals surface area contributed by atoms with Gasteiger partial charge in [-0.3, -0.25) is 10.1 Å². The number of aryl methyl sites for hydroxylation is 1. The Morgan fingerprint density at radius 1 is 1.08 bits per heavy atom. The van der Waals surface area contributed by atoms with Crippen LogP contribution in [0.15, 0.2) is 78.9 Å². The predicted octanol–water partition coefficient (Wildman–Crippen LogP) is 6.56. The molecule has 0 fully saturated rings. The molecule has 38 heavy (non-hydrogen) atoms. The maximum Gasteiger partial charge on any atom is 0.412 e. The van der Waals surface area contributed by atoms with Gasteiger partial charge in [-0.15, -0.1) is 0 Å². The summed E-state index contributed by atoms with van der Waals surface area (Å²) in [6.45, 7) is 4.17. The topological polar surface area (TPSA) is 123 Å². The van der Waals surface area contributed by atoms with Crippen LogP contribution in [0.25, 0.3) is 0 Å². The molecule has 0 aliphatic rings. The van der Waals surface area contributed by atoms with Crippen molar-refractivity contribution in [1.29, 1.82) is 0 Å². The van der Waals surface area contributed by atoms with Gasteiger partial charge in [-0.05, 0) is 97.8 Å². The van der Waals surface area contributed by atoms with Crippen molar-refractivity contribution in [3.05, 3.63) is 93.6 Å². The molecule has 0 unspecified atom stereocenters. The molecule has 0 spiro atoms. The summed E-state index contributed by atoms with van der Waals surface area (Å²) >= 11 is 2.14. The van der Waals surface area contributed by atoms with Crippen LogP contribution in [0.4, 0.5) is 21.9 Å². The maximum atomic E-state index is 12.9. The molecular formula is C29H32IN3O5. The molecule has 0 saturated carbocycles. The molecule has 200 valence electrons. The second-order valence-electron chi connectivity index (χ2n) is 8.57. The number of para-hydroxylation sites is 2. The lowest BCUT2D eigenvalue weighted by atomic mass is 9.99. The Morgan fingerprint density at radius 3 is 2.53 bits per heavy atom. The lowest BCUT2D eigenvalue weighted by Gasteiger charge is -2.28. The van der Waals surface area contributed by atoms with Gasteiger partial charge in [0, 0.05) is 21.4 Å². The number of halogens is 1. The summed E-state index contributed by atoms with van der Waals surface area (Å²) < 4.78 is 12.7. The Kier molecular flexibility index (Phi) is 11.0. The van der Waals surface area contributed by atoms with Crippen molar-refractivity contribution in [2.24, 2.45) is 0 Å². The monoisotopic (exact) mass is 629 g/mol. The van der Waals surface area contributed by atoms with Crippen LogP contribution in [-0.4, -0.2) is 29.8 Å². The lowest BCUT2D eigenvalue weighted by Crippen LogP contribution is -2.29. The number of phenolic OH excluding ortho intramolecular Hbond substituents is 1. The average molecular weight is 629 g/mol. The van der Waals surface area contributed by atoms with Crippen molar-refractivity contribution < 1.29 is 24.2 Å². The fraction of sp³-hybridized carbons (Fsp3) is 0.241. The standard InChI is InChI=1S/C29H32IN3O5/c1-3-37-26(10-6-7-11-27(35)33-24-9-5-4-8-23(24)31)28(22-18-20(30)14-17-25(22)34)38-29(36)32-21-15-12-19(2)13-16-21/h4-5,7-9,11-18,26,28,34H,3,6,10,31H2,1-2H3,(H,32,36)(H,33,35)/b11-7+/t26-,28-/m1/s1. The van der Waals surface area contributed by atoms with E-state index in [9.17, 15) is 14.7 Å². The number of anilines is 3. The Bertz CT molecular complexity index is 1260. The minimum Gasteiger partial charge on any atom is -0.508 e. The smallest absolute Gasteiger partial charge is 0.412 e. The molecule has 3 rings (SSSR count). The van der Waals surface area contributed by atoms with Crippen LogP contribution >= 0.6 is 22.6 Å². The Morgan fingerprint density at radius 2 is 1.82 bits per heavy atom. The molecule has 0 aromatic heterocycles. The van der Waals surface area contributed by atoms with Crippen LogP contribution in [0.3, 0.4) is 0 Å². The predicted molar refractivity (Wildman–Crippen MR) is 158 cm³/mol. The number of carbonyl (C=O) groups is 2. The SMILES string of the molecule is CCO[C@H](CC/C=C/C(=O)Nc1ccccc1N)[C@H](OC(=O)Nc1ccc(C)cc1)c1cc(I)ccc1O. The summed E-state index contributed by atoms with van der Waals surface area (Å²) in [4.78, 5) is 25.2. The number of hydrogen-bond acceptors (Lipinski definition) is 6. The average Bonchev–Trinajstić information content (AvgIpc) is 2.89. The van der Waals surface area contributed by atoms with E-state index in [1.165, 1.54) is 6.08 Å². The molecule has 2 atom stereocenters. The number of ether oxygens (including phenoxy) is 2. The summed E-state index contributed by atoms with van der Waals surface area (Å²) in [6, 6.07) is 19.4. The number of nitrogen functional groups attached to an aromatic ring is 1. The normalized spacial score (nSPS) is 12.6. The molecular weight excluding hydrogens is 597 g/mol. The molecule has 9 heteroatoms. The second kappa shape index (κ2) is 14.4. The van der Waals surface area contributed by atoms with Gasteiger partial charge < -0.3 is 25.6 Å². The van der Waals surface area contributed by atoms with Gasteiger partial charge in [0.2, 0.25) is 5.91 Å². The second-order valence-corrected chi connectivity index (χ2v) is 9.82. The molecule has 0 heterocycles. The number of rotatable bonds is 11. The third-order valence-corrected chi connectivity index (χ3v) is 6.32. The highest BCUT2D eigenvalue weighted by molar-refractivity contribution is 14.1.